The van der Waals surface area contributed by atoms with Crippen LogP contribution in [-0.2, 0) is 10.0 Å². The Balaban J connectivity index is 2.06. The molecule has 10 heteroatoms. The van der Waals surface area contributed by atoms with Gasteiger partial charge in [-0.2, -0.15) is 5.10 Å². The molecule has 0 aliphatic carbocycles. The normalized spacial score (nSPS) is 12.5. The van der Waals surface area contributed by atoms with Crippen molar-refractivity contribution in [3.63, 3.8) is 0 Å². The number of aryl methyl sites for hydroxylation is 2. The lowest BCUT2D eigenvalue weighted by Crippen LogP contribution is -2.32. The molecule has 24 heavy (non-hydrogen) atoms. The number of carbonyl (C=O) groups is 1. The number of hydrogen-bond acceptors (Lipinski definition) is 5. The van der Waals surface area contributed by atoms with Crippen LogP contribution in [-0.4, -0.2) is 35.9 Å². The van der Waals surface area contributed by atoms with Gasteiger partial charge in [0.15, 0.2) is 5.82 Å². The zero-order valence-corrected chi connectivity index (χ0v) is 14.7. The van der Waals surface area contributed by atoms with Crippen LogP contribution in [0.25, 0.3) is 0 Å². The summed E-state index contributed by atoms with van der Waals surface area (Å²) in [5.41, 5.74) is 1.67. The van der Waals surface area contributed by atoms with Gasteiger partial charge in [-0.3, -0.25) is 9.82 Å². The molecule has 0 bridgehead atoms. The number of H-pyrrole nitrogens is 1. The summed E-state index contributed by atoms with van der Waals surface area (Å²) in [7, 11) is -3.39. The van der Waals surface area contributed by atoms with Gasteiger partial charge in [0.25, 0.3) is 0 Å². The van der Waals surface area contributed by atoms with Crippen LogP contribution in [0.4, 0.5) is 16.2 Å². The lowest BCUT2D eigenvalue weighted by atomic mass is 10.2. The standard InChI is InChI=1S/C14H20N6O3S/c1-8-5-6-11(20-24(4,22)23)7-12(8)17-14(21)15-9(2)13-16-10(3)18-19-13/h5-7,9,20H,1-4H3,(H2,15,17,21)(H,16,18,19). The van der Waals surface area contributed by atoms with Crippen LogP contribution in [0.2, 0.25) is 0 Å². The van der Waals surface area contributed by atoms with Crippen molar-refractivity contribution in [1.82, 2.24) is 20.5 Å². The van der Waals surface area contributed by atoms with E-state index in [0.717, 1.165) is 11.8 Å². The number of nitrogens with one attached hydrogen (secondary N) is 4. The second-order valence-electron chi connectivity index (χ2n) is 5.50. The molecule has 9 nitrogen and oxygen atoms in total. The molecule has 1 aromatic carbocycles. The minimum absolute atomic E-state index is 0.371. The third-order valence-electron chi connectivity index (χ3n) is 3.14. The molecule has 1 heterocycles. The van der Waals surface area contributed by atoms with Crippen LogP contribution in [0.1, 0.15) is 30.2 Å². The smallest absolute Gasteiger partial charge is 0.319 e. The first-order valence-corrected chi connectivity index (χ1v) is 9.08. The SMILES string of the molecule is Cc1nc(C(C)NC(=O)Nc2cc(NS(C)(=O)=O)ccc2C)n[nH]1. The molecule has 0 aliphatic rings. The van der Waals surface area contributed by atoms with Crippen molar-refractivity contribution in [3.05, 3.63) is 35.4 Å². The Kier molecular flexibility index (Phi) is 5.07. The topological polar surface area (TPSA) is 129 Å². The van der Waals surface area contributed by atoms with Gasteiger partial charge in [0.2, 0.25) is 10.0 Å². The Morgan fingerprint density at radius 3 is 2.58 bits per heavy atom. The van der Waals surface area contributed by atoms with Gasteiger partial charge in [-0.1, -0.05) is 6.07 Å². The van der Waals surface area contributed by atoms with E-state index >= 15 is 0 Å². The molecule has 1 unspecified atom stereocenters. The number of amides is 2. The number of hydrogen-bond donors (Lipinski definition) is 4. The Morgan fingerprint density at radius 2 is 2.00 bits per heavy atom. The van der Waals surface area contributed by atoms with Gasteiger partial charge < -0.3 is 10.6 Å². The maximum atomic E-state index is 12.1. The van der Waals surface area contributed by atoms with Crippen molar-refractivity contribution in [3.8, 4) is 0 Å². The molecular weight excluding hydrogens is 332 g/mol. The van der Waals surface area contributed by atoms with Crippen LogP contribution in [0.5, 0.6) is 0 Å². The summed E-state index contributed by atoms with van der Waals surface area (Å²) in [4.78, 5) is 16.3. The highest BCUT2D eigenvalue weighted by Crippen LogP contribution is 2.21. The van der Waals surface area contributed by atoms with Crippen LogP contribution < -0.4 is 15.4 Å². The Hall–Kier alpha value is -2.62. The largest absolute Gasteiger partial charge is 0.328 e. The highest BCUT2D eigenvalue weighted by molar-refractivity contribution is 7.92. The highest BCUT2D eigenvalue weighted by atomic mass is 32.2. The first-order chi connectivity index (χ1) is 11.1. The van der Waals surface area contributed by atoms with E-state index in [2.05, 4.69) is 30.5 Å². The lowest BCUT2D eigenvalue weighted by Gasteiger charge is -2.14. The fourth-order valence-electron chi connectivity index (χ4n) is 2.01. The van der Waals surface area contributed by atoms with Gasteiger partial charge >= 0.3 is 6.03 Å². The first kappa shape index (κ1) is 17.7. The highest BCUT2D eigenvalue weighted by Gasteiger charge is 2.14. The van der Waals surface area contributed by atoms with E-state index in [1.807, 2.05) is 6.92 Å². The number of sulfonamides is 1. The first-order valence-electron chi connectivity index (χ1n) is 7.19. The maximum absolute atomic E-state index is 12.1. The van der Waals surface area contributed by atoms with Gasteiger partial charge in [-0.05, 0) is 38.5 Å². The lowest BCUT2D eigenvalue weighted by molar-refractivity contribution is 0.249. The summed E-state index contributed by atoms with van der Waals surface area (Å²) < 4.78 is 25.0. The minimum Gasteiger partial charge on any atom is -0.328 e. The predicted octanol–water partition coefficient (Wildman–Crippen LogP) is 1.68. The quantitative estimate of drug-likeness (QED) is 0.650. The molecule has 1 aromatic heterocycles. The summed E-state index contributed by atoms with van der Waals surface area (Å²) in [5.74, 6) is 1.14. The van der Waals surface area contributed by atoms with Gasteiger partial charge in [-0.15, -0.1) is 0 Å². The zero-order valence-electron chi connectivity index (χ0n) is 13.8. The van der Waals surface area contributed by atoms with Crippen LogP contribution in [0, 0.1) is 13.8 Å². The van der Waals surface area contributed by atoms with Crippen molar-refractivity contribution >= 4 is 27.4 Å². The molecule has 2 aromatic rings. The molecule has 0 spiro atoms. The van der Waals surface area contributed by atoms with Gasteiger partial charge in [0.05, 0.1) is 18.0 Å². The van der Waals surface area contributed by atoms with E-state index in [4.69, 9.17) is 0 Å². The number of carbonyl (C=O) groups excluding carboxylic acids is 1. The van der Waals surface area contributed by atoms with Crippen molar-refractivity contribution in [2.45, 2.75) is 26.8 Å². The van der Waals surface area contributed by atoms with E-state index in [1.165, 1.54) is 0 Å². The average Bonchev–Trinajstić information content (AvgIpc) is 2.87. The fraction of sp³-hybridized carbons (Fsp3) is 0.357. The monoisotopic (exact) mass is 352 g/mol. The number of rotatable bonds is 5. The Morgan fingerprint density at radius 1 is 1.29 bits per heavy atom. The van der Waals surface area contributed by atoms with Crippen LogP contribution in [0.3, 0.4) is 0 Å². The molecule has 4 N–H and O–H groups in total. The number of aromatic nitrogens is 3. The number of benzene rings is 1. The summed E-state index contributed by atoms with van der Waals surface area (Å²) >= 11 is 0. The molecule has 0 aliphatic heterocycles. The van der Waals surface area contributed by atoms with Crippen molar-refractivity contribution in [1.29, 1.82) is 0 Å². The molecule has 2 rings (SSSR count). The molecule has 0 radical (unpaired) electrons. The molecule has 1 atom stereocenters. The van der Waals surface area contributed by atoms with Gasteiger partial charge in [-0.25, -0.2) is 18.2 Å². The number of aromatic amines is 1. The van der Waals surface area contributed by atoms with E-state index in [-0.39, 0.29) is 6.04 Å². The molecule has 130 valence electrons. The maximum Gasteiger partial charge on any atom is 0.319 e. The minimum atomic E-state index is -3.39. The summed E-state index contributed by atoms with van der Waals surface area (Å²) in [6.07, 6.45) is 1.06. The van der Waals surface area contributed by atoms with Crippen LogP contribution in [0.15, 0.2) is 18.2 Å². The third kappa shape index (κ3) is 4.95. The third-order valence-corrected chi connectivity index (χ3v) is 3.74. The summed E-state index contributed by atoms with van der Waals surface area (Å²) in [6.45, 7) is 5.34. The predicted molar refractivity (Wildman–Crippen MR) is 91.3 cm³/mol. The average molecular weight is 352 g/mol. The molecule has 2 amide bonds. The summed E-state index contributed by atoms with van der Waals surface area (Å²) in [5, 5.41) is 12.1. The Bertz CT molecular complexity index is 846. The van der Waals surface area contributed by atoms with Crippen molar-refractivity contribution in [2.75, 3.05) is 16.3 Å². The fourth-order valence-corrected chi connectivity index (χ4v) is 2.56. The second kappa shape index (κ2) is 6.87. The summed E-state index contributed by atoms with van der Waals surface area (Å²) in [6, 6.07) is 4.07. The van der Waals surface area contributed by atoms with Crippen LogP contribution >= 0.6 is 0 Å². The van der Waals surface area contributed by atoms with E-state index in [0.29, 0.717) is 23.0 Å². The van der Waals surface area contributed by atoms with Gasteiger partial charge in [0.1, 0.15) is 5.82 Å². The van der Waals surface area contributed by atoms with E-state index in [9.17, 15) is 13.2 Å². The van der Waals surface area contributed by atoms with E-state index in [1.54, 1.807) is 32.0 Å². The molecule has 0 saturated heterocycles. The number of nitrogens with zero attached hydrogens (tertiary/aromatic N) is 2. The molecule has 0 saturated carbocycles. The van der Waals surface area contributed by atoms with Crippen molar-refractivity contribution in [2.24, 2.45) is 0 Å². The second-order valence-corrected chi connectivity index (χ2v) is 7.25. The number of urea groups is 1. The van der Waals surface area contributed by atoms with E-state index < -0.39 is 16.1 Å². The Labute approximate surface area is 140 Å². The number of anilines is 2. The zero-order chi connectivity index (χ0) is 17.9. The van der Waals surface area contributed by atoms with Gasteiger partial charge in [0, 0.05) is 5.69 Å². The molecular formula is C14H20N6O3S. The molecule has 0 fully saturated rings. The van der Waals surface area contributed by atoms with Crippen molar-refractivity contribution < 1.29 is 13.2 Å².